The van der Waals surface area contributed by atoms with Gasteiger partial charge < -0.3 is 9.72 Å². The molecule has 2 heterocycles. The Morgan fingerprint density at radius 1 is 1.21 bits per heavy atom. The molecule has 3 rings (SSSR count). The van der Waals surface area contributed by atoms with Gasteiger partial charge in [0.2, 0.25) is 5.91 Å². The molecule has 0 spiro atoms. The molecular weight excluding hydrogens is 305 g/mol. The quantitative estimate of drug-likeness (QED) is 0.779. The van der Waals surface area contributed by atoms with E-state index in [9.17, 15) is 9.18 Å². The molecular formula is C19H20FN3O. The lowest BCUT2D eigenvalue weighted by atomic mass is 10.1. The Morgan fingerprint density at radius 3 is 2.67 bits per heavy atom. The third kappa shape index (κ3) is 3.45. The van der Waals surface area contributed by atoms with Crippen molar-refractivity contribution in [2.45, 2.75) is 32.7 Å². The monoisotopic (exact) mass is 325 g/mol. The van der Waals surface area contributed by atoms with Gasteiger partial charge in [-0.3, -0.25) is 4.79 Å². The van der Waals surface area contributed by atoms with Crippen molar-refractivity contribution < 1.29 is 9.18 Å². The minimum atomic E-state index is -0.277. The van der Waals surface area contributed by atoms with Gasteiger partial charge in [0.05, 0.1) is 11.4 Å². The number of benzene rings is 1. The number of pyridine rings is 1. The van der Waals surface area contributed by atoms with Gasteiger partial charge in [0.25, 0.3) is 0 Å². The van der Waals surface area contributed by atoms with Gasteiger partial charge in [-0.15, -0.1) is 0 Å². The summed E-state index contributed by atoms with van der Waals surface area (Å²) in [5.41, 5.74) is 3.41. The number of hydrogen-bond donors (Lipinski definition) is 1. The van der Waals surface area contributed by atoms with Crippen LogP contribution in [0, 0.1) is 5.82 Å². The van der Waals surface area contributed by atoms with Crippen LogP contribution in [0.1, 0.15) is 26.0 Å². The summed E-state index contributed by atoms with van der Waals surface area (Å²) in [6, 6.07) is 12.2. The molecule has 5 heteroatoms. The average Bonchev–Trinajstić information content (AvgIpc) is 2.91. The van der Waals surface area contributed by atoms with E-state index in [4.69, 9.17) is 0 Å². The van der Waals surface area contributed by atoms with Gasteiger partial charge in [0.1, 0.15) is 11.5 Å². The third-order valence-electron chi connectivity index (χ3n) is 3.79. The van der Waals surface area contributed by atoms with Crippen LogP contribution in [-0.2, 0) is 11.2 Å². The number of nitrogens with one attached hydrogen (secondary N) is 1. The van der Waals surface area contributed by atoms with E-state index in [0.29, 0.717) is 12.8 Å². The molecule has 2 aromatic heterocycles. The summed E-state index contributed by atoms with van der Waals surface area (Å²) >= 11 is 0. The number of imidazole rings is 1. The van der Waals surface area contributed by atoms with Gasteiger partial charge in [-0.25, -0.2) is 9.37 Å². The van der Waals surface area contributed by atoms with E-state index in [-0.39, 0.29) is 17.8 Å². The molecule has 1 aromatic carbocycles. The molecule has 0 saturated heterocycles. The fraction of sp³-hybridized carbons (Fsp3) is 0.263. The molecule has 124 valence electrons. The van der Waals surface area contributed by atoms with Crippen LogP contribution in [-0.4, -0.2) is 21.3 Å². The summed E-state index contributed by atoms with van der Waals surface area (Å²) in [6.07, 6.45) is 2.89. The Morgan fingerprint density at radius 2 is 1.96 bits per heavy atom. The molecule has 24 heavy (non-hydrogen) atoms. The summed E-state index contributed by atoms with van der Waals surface area (Å²) in [7, 11) is 0. The number of carbonyl (C=O) groups is 1. The van der Waals surface area contributed by atoms with Crippen molar-refractivity contribution in [1.29, 1.82) is 0 Å². The van der Waals surface area contributed by atoms with E-state index < -0.39 is 0 Å². The molecule has 0 saturated carbocycles. The van der Waals surface area contributed by atoms with Gasteiger partial charge in [0, 0.05) is 24.2 Å². The average molecular weight is 325 g/mol. The molecule has 1 N–H and O–H groups in total. The van der Waals surface area contributed by atoms with Crippen LogP contribution < -0.4 is 5.32 Å². The zero-order valence-corrected chi connectivity index (χ0v) is 13.8. The highest BCUT2D eigenvalue weighted by atomic mass is 19.1. The SMILES string of the molecule is CC(C)NC(=O)CCc1c(-c2ccc(F)cc2)nc2ccccn12. The Balaban J connectivity index is 1.96. The normalized spacial score (nSPS) is 11.2. The highest BCUT2D eigenvalue weighted by Crippen LogP contribution is 2.25. The van der Waals surface area contributed by atoms with Crippen molar-refractivity contribution in [2.75, 3.05) is 0 Å². The molecule has 0 fully saturated rings. The van der Waals surface area contributed by atoms with Crippen LogP contribution in [0.25, 0.3) is 16.9 Å². The van der Waals surface area contributed by atoms with Crippen molar-refractivity contribution in [3.05, 3.63) is 60.2 Å². The molecule has 4 nitrogen and oxygen atoms in total. The van der Waals surface area contributed by atoms with E-state index in [1.165, 1.54) is 12.1 Å². The Kier molecular flexibility index (Phi) is 4.60. The zero-order valence-electron chi connectivity index (χ0n) is 13.8. The van der Waals surface area contributed by atoms with Crippen LogP contribution >= 0.6 is 0 Å². The van der Waals surface area contributed by atoms with Crippen LogP contribution in [0.2, 0.25) is 0 Å². The number of nitrogens with zero attached hydrogens (tertiary/aromatic N) is 2. The lowest BCUT2D eigenvalue weighted by Gasteiger charge is -2.09. The van der Waals surface area contributed by atoms with Crippen molar-refractivity contribution in [1.82, 2.24) is 14.7 Å². The van der Waals surface area contributed by atoms with Gasteiger partial charge in [-0.05, 0) is 56.7 Å². The minimum Gasteiger partial charge on any atom is -0.354 e. The van der Waals surface area contributed by atoms with Crippen LogP contribution in [0.4, 0.5) is 4.39 Å². The largest absolute Gasteiger partial charge is 0.354 e. The fourth-order valence-electron chi connectivity index (χ4n) is 2.75. The minimum absolute atomic E-state index is 0.0148. The van der Waals surface area contributed by atoms with E-state index >= 15 is 0 Å². The van der Waals surface area contributed by atoms with E-state index in [1.807, 2.05) is 42.6 Å². The van der Waals surface area contributed by atoms with Gasteiger partial charge in [-0.2, -0.15) is 0 Å². The number of hydrogen-bond acceptors (Lipinski definition) is 2. The second kappa shape index (κ2) is 6.83. The second-order valence-electron chi connectivity index (χ2n) is 6.07. The highest BCUT2D eigenvalue weighted by molar-refractivity contribution is 5.77. The van der Waals surface area contributed by atoms with E-state index in [0.717, 1.165) is 22.6 Å². The third-order valence-corrected chi connectivity index (χ3v) is 3.79. The predicted molar refractivity (Wildman–Crippen MR) is 92.2 cm³/mol. The molecule has 1 amide bonds. The number of fused-ring (bicyclic) bond motifs is 1. The predicted octanol–water partition coefficient (Wildman–Crippen LogP) is 3.60. The zero-order chi connectivity index (χ0) is 17.1. The Bertz CT molecular complexity index is 853. The lowest BCUT2D eigenvalue weighted by molar-refractivity contribution is -0.121. The van der Waals surface area contributed by atoms with Gasteiger partial charge >= 0.3 is 0 Å². The van der Waals surface area contributed by atoms with Gasteiger partial charge in [-0.1, -0.05) is 6.07 Å². The highest BCUT2D eigenvalue weighted by Gasteiger charge is 2.15. The van der Waals surface area contributed by atoms with Crippen molar-refractivity contribution in [3.63, 3.8) is 0 Å². The maximum Gasteiger partial charge on any atom is 0.220 e. The summed E-state index contributed by atoms with van der Waals surface area (Å²) < 4.78 is 15.2. The first-order valence-corrected chi connectivity index (χ1v) is 8.06. The maximum absolute atomic E-state index is 13.2. The molecule has 0 aliphatic carbocycles. The standard InChI is InChI=1S/C19H20FN3O/c1-13(2)21-18(24)11-10-16-19(14-6-8-15(20)9-7-14)22-17-5-3-4-12-23(16)17/h3-9,12-13H,10-11H2,1-2H3,(H,21,24). The molecule has 3 aromatic rings. The molecule has 0 unspecified atom stereocenters. The van der Waals surface area contributed by atoms with Crippen molar-refractivity contribution in [3.8, 4) is 11.3 Å². The summed E-state index contributed by atoms with van der Waals surface area (Å²) in [5, 5.41) is 2.90. The number of carbonyl (C=O) groups excluding carboxylic acids is 1. The van der Waals surface area contributed by atoms with E-state index in [2.05, 4.69) is 10.3 Å². The number of aromatic nitrogens is 2. The summed E-state index contributed by atoms with van der Waals surface area (Å²) in [4.78, 5) is 16.6. The second-order valence-corrected chi connectivity index (χ2v) is 6.07. The first-order chi connectivity index (χ1) is 11.5. The maximum atomic E-state index is 13.2. The van der Waals surface area contributed by atoms with E-state index in [1.54, 1.807) is 12.1 Å². The molecule has 0 aliphatic rings. The summed E-state index contributed by atoms with van der Waals surface area (Å²) in [6.45, 7) is 3.88. The van der Waals surface area contributed by atoms with Crippen LogP contribution in [0.3, 0.4) is 0 Å². The van der Waals surface area contributed by atoms with Gasteiger partial charge in [0.15, 0.2) is 0 Å². The number of aryl methyl sites for hydroxylation is 1. The molecule has 0 aliphatic heterocycles. The lowest BCUT2D eigenvalue weighted by Crippen LogP contribution is -2.30. The molecule has 0 bridgehead atoms. The first kappa shape index (κ1) is 16.2. The molecule has 0 radical (unpaired) electrons. The summed E-state index contributed by atoms with van der Waals surface area (Å²) in [5.74, 6) is -0.263. The van der Waals surface area contributed by atoms with Crippen molar-refractivity contribution >= 4 is 11.6 Å². The smallest absolute Gasteiger partial charge is 0.220 e. The topological polar surface area (TPSA) is 46.4 Å². The van der Waals surface area contributed by atoms with Crippen LogP contribution in [0.5, 0.6) is 0 Å². The number of rotatable bonds is 5. The van der Waals surface area contributed by atoms with Crippen molar-refractivity contribution in [2.24, 2.45) is 0 Å². The Labute approximate surface area is 140 Å². The Hall–Kier alpha value is -2.69. The van der Waals surface area contributed by atoms with Crippen LogP contribution in [0.15, 0.2) is 48.7 Å². The first-order valence-electron chi connectivity index (χ1n) is 8.06. The fourth-order valence-corrected chi connectivity index (χ4v) is 2.75. The number of amides is 1. The number of halogens is 1. The molecule has 0 atom stereocenters.